The Labute approximate surface area is 135 Å². The Morgan fingerprint density at radius 3 is 2.00 bits per heavy atom. The summed E-state index contributed by atoms with van der Waals surface area (Å²) in [7, 11) is 4.14. The summed E-state index contributed by atoms with van der Waals surface area (Å²) in [6, 6.07) is 11.5. The highest BCUT2D eigenvalue weighted by Gasteiger charge is 2.35. The molecule has 23 heavy (non-hydrogen) atoms. The first kappa shape index (κ1) is 16.8. The van der Waals surface area contributed by atoms with Gasteiger partial charge in [0.1, 0.15) is 5.75 Å². The molecular formula is C18H20O5. The van der Waals surface area contributed by atoms with Gasteiger partial charge < -0.3 is 14.2 Å². The number of ether oxygens (including phenoxy) is 3. The van der Waals surface area contributed by atoms with E-state index >= 15 is 0 Å². The molecule has 2 aromatic rings. The van der Waals surface area contributed by atoms with E-state index in [0.717, 1.165) is 22.1 Å². The summed E-state index contributed by atoms with van der Waals surface area (Å²) < 4.78 is 14.7. The van der Waals surface area contributed by atoms with Crippen LogP contribution in [0, 0.1) is 5.92 Å². The lowest BCUT2D eigenvalue weighted by Gasteiger charge is -2.20. The van der Waals surface area contributed by atoms with E-state index in [4.69, 9.17) is 14.2 Å². The summed E-state index contributed by atoms with van der Waals surface area (Å²) in [4.78, 5) is 23.9. The number of rotatable bonds is 5. The number of hydrogen-bond donors (Lipinski definition) is 0. The molecule has 0 fully saturated rings. The predicted octanol–water partition coefficient (Wildman–Crippen LogP) is 2.91. The molecule has 0 aliphatic heterocycles. The first-order valence-electron chi connectivity index (χ1n) is 7.25. The Morgan fingerprint density at radius 2 is 1.43 bits per heavy atom. The molecule has 1 atom stereocenters. The van der Waals surface area contributed by atoms with E-state index in [1.165, 1.54) is 14.2 Å². The van der Waals surface area contributed by atoms with Gasteiger partial charge >= 0.3 is 11.9 Å². The van der Waals surface area contributed by atoms with Crippen molar-refractivity contribution in [3.8, 4) is 5.75 Å². The molecule has 0 aromatic heterocycles. The smallest absolute Gasteiger partial charge is 0.320 e. The van der Waals surface area contributed by atoms with E-state index in [0.29, 0.717) is 0 Å². The monoisotopic (exact) mass is 316 g/mol. The number of methoxy groups -OCH3 is 3. The zero-order valence-electron chi connectivity index (χ0n) is 13.7. The van der Waals surface area contributed by atoms with Crippen LogP contribution in [-0.2, 0) is 19.1 Å². The molecular weight excluding hydrogens is 296 g/mol. The van der Waals surface area contributed by atoms with Crippen LogP contribution in [0.4, 0.5) is 0 Å². The Kier molecular flexibility index (Phi) is 5.21. The maximum Gasteiger partial charge on any atom is 0.320 e. The normalized spacial score (nSPS) is 12.0. The molecule has 5 heteroatoms. The molecule has 0 amide bonds. The van der Waals surface area contributed by atoms with Crippen LogP contribution < -0.4 is 4.74 Å². The number of hydrogen-bond acceptors (Lipinski definition) is 5. The summed E-state index contributed by atoms with van der Waals surface area (Å²) in [6.45, 7) is 1.81. The van der Waals surface area contributed by atoms with Crippen molar-refractivity contribution in [3.05, 3.63) is 42.0 Å². The van der Waals surface area contributed by atoms with Crippen LogP contribution in [0.3, 0.4) is 0 Å². The molecule has 0 aliphatic rings. The van der Waals surface area contributed by atoms with Crippen LogP contribution in [0.25, 0.3) is 10.8 Å². The lowest BCUT2D eigenvalue weighted by Crippen LogP contribution is -2.31. The number of carbonyl (C=O) groups is 2. The van der Waals surface area contributed by atoms with Gasteiger partial charge in [-0.25, -0.2) is 0 Å². The minimum Gasteiger partial charge on any atom is -0.497 e. The third-order valence-electron chi connectivity index (χ3n) is 4.01. The Hall–Kier alpha value is -2.56. The number of fused-ring (bicyclic) bond motifs is 1. The zero-order valence-corrected chi connectivity index (χ0v) is 13.7. The molecule has 2 rings (SSSR count). The van der Waals surface area contributed by atoms with E-state index in [2.05, 4.69) is 0 Å². The maximum absolute atomic E-state index is 11.9. The van der Waals surface area contributed by atoms with E-state index in [9.17, 15) is 9.59 Å². The summed E-state index contributed by atoms with van der Waals surface area (Å²) in [5, 5.41) is 2.02. The van der Waals surface area contributed by atoms with Gasteiger partial charge in [-0.3, -0.25) is 9.59 Å². The van der Waals surface area contributed by atoms with E-state index in [1.54, 1.807) is 7.11 Å². The van der Waals surface area contributed by atoms with Crippen molar-refractivity contribution in [1.82, 2.24) is 0 Å². The molecule has 0 N–H and O–H groups in total. The first-order chi connectivity index (χ1) is 11.0. The molecule has 0 saturated heterocycles. The average molecular weight is 316 g/mol. The number of esters is 2. The van der Waals surface area contributed by atoms with Gasteiger partial charge in [0, 0.05) is 5.92 Å². The van der Waals surface area contributed by atoms with E-state index in [-0.39, 0.29) is 5.92 Å². The fraction of sp³-hybridized carbons (Fsp3) is 0.333. The minimum atomic E-state index is -0.985. The second-order valence-corrected chi connectivity index (χ2v) is 5.29. The number of benzene rings is 2. The quantitative estimate of drug-likeness (QED) is 0.627. The second-order valence-electron chi connectivity index (χ2n) is 5.29. The summed E-state index contributed by atoms with van der Waals surface area (Å²) >= 11 is 0. The van der Waals surface area contributed by atoms with Crippen molar-refractivity contribution in [2.24, 2.45) is 5.92 Å². The van der Waals surface area contributed by atoms with Crippen molar-refractivity contribution >= 4 is 22.7 Å². The highest BCUT2D eigenvalue weighted by molar-refractivity contribution is 5.96. The molecule has 0 unspecified atom stereocenters. The third-order valence-corrected chi connectivity index (χ3v) is 4.01. The van der Waals surface area contributed by atoms with Gasteiger partial charge in [-0.15, -0.1) is 0 Å². The first-order valence-corrected chi connectivity index (χ1v) is 7.25. The molecule has 0 saturated carbocycles. The third kappa shape index (κ3) is 3.44. The number of carbonyl (C=O) groups excluding carboxylic acids is 2. The second kappa shape index (κ2) is 7.13. The Balaban J connectivity index is 2.40. The molecule has 5 nitrogen and oxygen atoms in total. The molecule has 0 aliphatic carbocycles. The summed E-state index contributed by atoms with van der Waals surface area (Å²) in [5.41, 5.74) is 0.864. The molecule has 0 spiro atoms. The SMILES string of the molecule is COC(=O)C(C(=O)OC)[C@H](C)c1ccc2cc(OC)ccc2c1. The van der Waals surface area contributed by atoms with Crippen LogP contribution in [0.2, 0.25) is 0 Å². The van der Waals surface area contributed by atoms with Gasteiger partial charge in [-0.2, -0.15) is 0 Å². The standard InChI is InChI=1S/C18H20O5/c1-11(16(17(19)22-3)18(20)23-4)12-5-6-14-10-15(21-2)8-7-13(14)9-12/h5-11,16H,1-4H3/t11-/m1/s1. The Bertz CT molecular complexity index is 706. The lowest BCUT2D eigenvalue weighted by molar-refractivity contribution is -0.159. The van der Waals surface area contributed by atoms with Gasteiger partial charge in [-0.05, 0) is 28.5 Å². The maximum atomic E-state index is 11.9. The van der Waals surface area contributed by atoms with Crippen LogP contribution >= 0.6 is 0 Å². The topological polar surface area (TPSA) is 61.8 Å². The van der Waals surface area contributed by atoms with Crippen LogP contribution in [0.15, 0.2) is 36.4 Å². The molecule has 0 heterocycles. The van der Waals surface area contributed by atoms with Crippen molar-refractivity contribution in [1.29, 1.82) is 0 Å². The highest BCUT2D eigenvalue weighted by atomic mass is 16.5. The van der Waals surface area contributed by atoms with Crippen LogP contribution in [0.1, 0.15) is 18.4 Å². The van der Waals surface area contributed by atoms with Crippen LogP contribution in [-0.4, -0.2) is 33.3 Å². The van der Waals surface area contributed by atoms with E-state index in [1.807, 2.05) is 43.3 Å². The molecule has 0 bridgehead atoms. The summed E-state index contributed by atoms with van der Waals surface area (Å²) in [6.07, 6.45) is 0. The minimum absolute atomic E-state index is 0.360. The lowest BCUT2D eigenvalue weighted by atomic mass is 9.86. The van der Waals surface area contributed by atoms with Gasteiger partial charge in [0.2, 0.25) is 0 Å². The van der Waals surface area contributed by atoms with E-state index < -0.39 is 17.9 Å². The van der Waals surface area contributed by atoms with Gasteiger partial charge in [-0.1, -0.05) is 31.2 Å². The van der Waals surface area contributed by atoms with Crippen molar-refractivity contribution < 1.29 is 23.8 Å². The van der Waals surface area contributed by atoms with Gasteiger partial charge in [0.25, 0.3) is 0 Å². The van der Waals surface area contributed by atoms with Crippen molar-refractivity contribution in [3.63, 3.8) is 0 Å². The summed E-state index contributed by atoms with van der Waals surface area (Å²) in [5.74, 6) is -1.76. The fourth-order valence-corrected chi connectivity index (χ4v) is 2.60. The van der Waals surface area contributed by atoms with Gasteiger partial charge in [0.15, 0.2) is 5.92 Å². The zero-order chi connectivity index (χ0) is 17.0. The van der Waals surface area contributed by atoms with Crippen molar-refractivity contribution in [2.75, 3.05) is 21.3 Å². The average Bonchev–Trinajstić information content (AvgIpc) is 2.60. The fourth-order valence-electron chi connectivity index (χ4n) is 2.60. The van der Waals surface area contributed by atoms with Gasteiger partial charge in [0.05, 0.1) is 21.3 Å². The molecule has 0 radical (unpaired) electrons. The molecule has 122 valence electrons. The highest BCUT2D eigenvalue weighted by Crippen LogP contribution is 2.30. The predicted molar refractivity (Wildman–Crippen MR) is 86.4 cm³/mol. The largest absolute Gasteiger partial charge is 0.497 e. The van der Waals surface area contributed by atoms with Crippen molar-refractivity contribution in [2.45, 2.75) is 12.8 Å². The molecule has 2 aromatic carbocycles. The van der Waals surface area contributed by atoms with Crippen LogP contribution in [0.5, 0.6) is 5.75 Å². The Morgan fingerprint density at radius 1 is 0.870 bits per heavy atom.